The molecule has 1 saturated heterocycles. The van der Waals surface area contributed by atoms with Crippen LogP contribution in [0.2, 0.25) is 0 Å². The molecule has 2 aliphatic rings. The molecule has 0 aromatic heterocycles. The van der Waals surface area contributed by atoms with Crippen LogP contribution in [0.3, 0.4) is 0 Å². The molecule has 1 saturated carbocycles. The summed E-state index contributed by atoms with van der Waals surface area (Å²) in [4.78, 5) is 26.6. The number of hydrogen-bond donors (Lipinski definition) is 1. The second-order valence-electron chi connectivity index (χ2n) is 6.68. The quantitative estimate of drug-likeness (QED) is 0.935. The predicted octanol–water partition coefficient (Wildman–Crippen LogP) is 3.82. The molecule has 0 radical (unpaired) electrons. The standard InChI is InChI=1S/C20H19NO3/c22-18(21-13-12-20(21)10-5-11-20)16-8-3-1-6-14(16)15-7-2-4-9-17(15)19(23)24/h1-4,6-9H,5,10-13H2,(H,23,24). The third-order valence-electron chi connectivity index (χ3n) is 5.51. The number of rotatable bonds is 3. The van der Waals surface area contributed by atoms with Gasteiger partial charge in [0.15, 0.2) is 0 Å². The van der Waals surface area contributed by atoms with Crippen LogP contribution < -0.4 is 0 Å². The van der Waals surface area contributed by atoms with Gasteiger partial charge in [0.05, 0.1) is 5.56 Å². The largest absolute Gasteiger partial charge is 0.478 e. The van der Waals surface area contributed by atoms with Crippen molar-refractivity contribution in [2.45, 2.75) is 31.2 Å². The van der Waals surface area contributed by atoms with Crippen molar-refractivity contribution in [2.24, 2.45) is 0 Å². The molecule has 1 amide bonds. The highest BCUT2D eigenvalue weighted by atomic mass is 16.4. The molecule has 1 N–H and O–H groups in total. The minimum absolute atomic E-state index is 0.0248. The first-order chi connectivity index (χ1) is 11.6. The lowest BCUT2D eigenvalue weighted by atomic mass is 9.67. The average molecular weight is 321 g/mol. The van der Waals surface area contributed by atoms with Crippen LogP contribution >= 0.6 is 0 Å². The Bertz CT molecular complexity index is 818. The highest BCUT2D eigenvalue weighted by Gasteiger charge is 2.51. The Hall–Kier alpha value is -2.62. The summed E-state index contributed by atoms with van der Waals surface area (Å²) < 4.78 is 0. The van der Waals surface area contributed by atoms with Crippen molar-refractivity contribution in [3.8, 4) is 11.1 Å². The number of carboxylic acids is 1. The van der Waals surface area contributed by atoms with Crippen molar-refractivity contribution >= 4 is 11.9 Å². The van der Waals surface area contributed by atoms with Crippen LogP contribution in [0.25, 0.3) is 11.1 Å². The number of aromatic carboxylic acids is 1. The number of carbonyl (C=O) groups is 2. The van der Waals surface area contributed by atoms with Crippen molar-refractivity contribution in [3.05, 3.63) is 59.7 Å². The van der Waals surface area contributed by atoms with E-state index in [0.717, 1.165) is 25.8 Å². The van der Waals surface area contributed by atoms with Crippen molar-refractivity contribution in [1.29, 1.82) is 0 Å². The topological polar surface area (TPSA) is 57.6 Å². The fraction of sp³-hybridized carbons (Fsp3) is 0.300. The van der Waals surface area contributed by atoms with E-state index in [0.29, 0.717) is 16.7 Å². The van der Waals surface area contributed by atoms with Gasteiger partial charge in [0.1, 0.15) is 0 Å². The number of hydrogen-bond acceptors (Lipinski definition) is 2. The number of likely N-dealkylation sites (tertiary alicyclic amines) is 1. The average Bonchev–Trinajstić information content (AvgIpc) is 2.52. The van der Waals surface area contributed by atoms with Gasteiger partial charge in [-0.15, -0.1) is 0 Å². The smallest absolute Gasteiger partial charge is 0.336 e. The molecule has 4 heteroatoms. The van der Waals surface area contributed by atoms with E-state index in [2.05, 4.69) is 0 Å². The van der Waals surface area contributed by atoms with E-state index in [1.165, 1.54) is 6.42 Å². The normalized spacial score (nSPS) is 17.9. The van der Waals surface area contributed by atoms with Crippen LogP contribution in [0.4, 0.5) is 0 Å². The molecule has 4 rings (SSSR count). The zero-order valence-electron chi connectivity index (χ0n) is 13.4. The maximum atomic E-state index is 13.1. The van der Waals surface area contributed by atoms with Gasteiger partial charge in [0.25, 0.3) is 5.91 Å². The first-order valence-electron chi connectivity index (χ1n) is 8.36. The van der Waals surface area contributed by atoms with E-state index in [4.69, 9.17) is 0 Å². The molecule has 1 heterocycles. The third-order valence-corrected chi connectivity index (χ3v) is 5.51. The maximum Gasteiger partial charge on any atom is 0.336 e. The molecule has 0 unspecified atom stereocenters. The number of carboxylic acid groups (broad SMARTS) is 1. The predicted molar refractivity (Wildman–Crippen MR) is 91.1 cm³/mol. The van der Waals surface area contributed by atoms with Gasteiger partial charge in [-0.05, 0) is 48.9 Å². The fourth-order valence-corrected chi connectivity index (χ4v) is 3.92. The van der Waals surface area contributed by atoms with E-state index in [9.17, 15) is 14.7 Å². The Balaban J connectivity index is 1.77. The molecular formula is C20H19NO3. The zero-order chi connectivity index (χ0) is 16.7. The van der Waals surface area contributed by atoms with E-state index in [1.54, 1.807) is 30.3 Å². The summed E-state index contributed by atoms with van der Waals surface area (Å²) in [5, 5.41) is 9.46. The second kappa shape index (κ2) is 5.48. The van der Waals surface area contributed by atoms with Crippen molar-refractivity contribution in [2.75, 3.05) is 6.54 Å². The van der Waals surface area contributed by atoms with Gasteiger partial charge >= 0.3 is 5.97 Å². The lowest BCUT2D eigenvalue weighted by molar-refractivity contribution is -0.0487. The highest BCUT2D eigenvalue weighted by molar-refractivity contribution is 6.05. The summed E-state index contributed by atoms with van der Waals surface area (Å²) in [5.41, 5.74) is 2.19. The monoisotopic (exact) mass is 321 g/mol. The Morgan fingerprint density at radius 3 is 1.96 bits per heavy atom. The highest BCUT2D eigenvalue weighted by Crippen LogP contribution is 2.48. The van der Waals surface area contributed by atoms with E-state index < -0.39 is 5.97 Å². The minimum atomic E-state index is -0.979. The SMILES string of the molecule is O=C(O)c1ccccc1-c1ccccc1C(=O)N1CCC12CCC2. The second-order valence-corrected chi connectivity index (χ2v) is 6.68. The lowest BCUT2D eigenvalue weighted by Crippen LogP contribution is -2.65. The van der Waals surface area contributed by atoms with Crippen LogP contribution in [0.1, 0.15) is 46.4 Å². The third kappa shape index (κ3) is 2.13. The zero-order valence-corrected chi connectivity index (χ0v) is 13.4. The van der Waals surface area contributed by atoms with Crippen molar-refractivity contribution in [3.63, 3.8) is 0 Å². The first-order valence-corrected chi connectivity index (χ1v) is 8.36. The Labute approximate surface area is 140 Å². The van der Waals surface area contributed by atoms with E-state index in [1.807, 2.05) is 23.1 Å². The Morgan fingerprint density at radius 1 is 0.875 bits per heavy atom. The molecule has 0 atom stereocenters. The molecule has 24 heavy (non-hydrogen) atoms. The number of benzene rings is 2. The minimum Gasteiger partial charge on any atom is -0.478 e. The van der Waals surface area contributed by atoms with Gasteiger partial charge in [-0.25, -0.2) is 4.79 Å². The molecular weight excluding hydrogens is 302 g/mol. The number of amides is 1. The van der Waals surface area contributed by atoms with Gasteiger partial charge in [0.2, 0.25) is 0 Å². The van der Waals surface area contributed by atoms with Crippen molar-refractivity contribution in [1.82, 2.24) is 4.90 Å². The summed E-state index contributed by atoms with van der Waals surface area (Å²) in [6.07, 6.45) is 4.46. The van der Waals surface area contributed by atoms with E-state index >= 15 is 0 Å². The fourth-order valence-electron chi connectivity index (χ4n) is 3.92. The molecule has 1 spiro atoms. The summed E-state index contributed by atoms with van der Waals surface area (Å²) in [7, 11) is 0. The van der Waals surface area contributed by atoms with Gasteiger partial charge in [-0.3, -0.25) is 4.79 Å². The Kier molecular flexibility index (Phi) is 3.41. The molecule has 122 valence electrons. The summed E-state index contributed by atoms with van der Waals surface area (Å²) in [6, 6.07) is 14.2. The molecule has 1 aliphatic heterocycles. The van der Waals surface area contributed by atoms with Crippen LogP contribution in [-0.4, -0.2) is 34.0 Å². The molecule has 2 fully saturated rings. The molecule has 4 nitrogen and oxygen atoms in total. The summed E-state index contributed by atoms with van der Waals surface area (Å²) >= 11 is 0. The lowest BCUT2D eigenvalue weighted by Gasteiger charge is -2.58. The van der Waals surface area contributed by atoms with Crippen LogP contribution in [0, 0.1) is 0 Å². The van der Waals surface area contributed by atoms with Crippen LogP contribution in [0.5, 0.6) is 0 Å². The summed E-state index contributed by atoms with van der Waals surface area (Å²) in [6.45, 7) is 0.799. The van der Waals surface area contributed by atoms with Crippen molar-refractivity contribution < 1.29 is 14.7 Å². The maximum absolute atomic E-state index is 13.1. The van der Waals surface area contributed by atoms with Gasteiger partial charge in [-0.2, -0.15) is 0 Å². The number of nitrogens with zero attached hydrogens (tertiary/aromatic N) is 1. The Morgan fingerprint density at radius 2 is 1.46 bits per heavy atom. The van der Waals surface area contributed by atoms with Gasteiger partial charge < -0.3 is 10.0 Å². The van der Waals surface area contributed by atoms with E-state index in [-0.39, 0.29) is 17.0 Å². The molecule has 0 bridgehead atoms. The number of carbonyl (C=O) groups excluding carboxylic acids is 1. The molecule has 2 aromatic rings. The van der Waals surface area contributed by atoms with Crippen LogP contribution in [-0.2, 0) is 0 Å². The molecule has 1 aliphatic carbocycles. The summed E-state index contributed by atoms with van der Waals surface area (Å²) in [5.74, 6) is -0.955. The van der Waals surface area contributed by atoms with Gasteiger partial charge in [0, 0.05) is 17.6 Å². The first kappa shape index (κ1) is 14.9. The van der Waals surface area contributed by atoms with Crippen LogP contribution in [0.15, 0.2) is 48.5 Å². The molecule has 2 aromatic carbocycles. The van der Waals surface area contributed by atoms with Gasteiger partial charge in [-0.1, -0.05) is 36.4 Å².